The van der Waals surface area contributed by atoms with Gasteiger partial charge < -0.3 is 19.9 Å². The van der Waals surface area contributed by atoms with Crippen LogP contribution < -0.4 is 10.1 Å². The smallest absolute Gasteiger partial charge is 0.237 e. The Bertz CT molecular complexity index is 826. The van der Waals surface area contributed by atoms with Crippen LogP contribution in [-0.4, -0.2) is 60.0 Å². The second kappa shape index (κ2) is 4.61. The number of benzene rings is 1. The number of hydrogen-bond donors (Lipinski definition) is 2. The van der Waals surface area contributed by atoms with E-state index in [0.29, 0.717) is 24.5 Å². The molecule has 1 aromatic carbocycles. The van der Waals surface area contributed by atoms with Crippen LogP contribution in [0.4, 0.5) is 5.69 Å². The topological polar surface area (TPSA) is 70.8 Å². The lowest BCUT2D eigenvalue weighted by Crippen LogP contribution is -2.52. The molecule has 7 rings (SSSR count). The van der Waals surface area contributed by atoms with Crippen LogP contribution in [0.3, 0.4) is 0 Å². The maximum Gasteiger partial charge on any atom is 0.237 e. The quantitative estimate of drug-likeness (QED) is 0.778. The SMILES string of the molecule is COc1ccc2c(c1)NC(=O)[C@@]21C[C@H]2[C@H]3CO[C@@H]1C[C@H]3[C@]1([C@@H](C)O)CN21. The lowest BCUT2D eigenvalue weighted by atomic mass is 9.70. The number of aliphatic hydroxyl groups is 1. The van der Waals surface area contributed by atoms with Crippen molar-refractivity contribution in [2.45, 2.75) is 49.0 Å². The number of anilines is 1. The fraction of sp³-hybridized carbons (Fsp3) is 0.650. The van der Waals surface area contributed by atoms with Crippen molar-refractivity contribution in [3.63, 3.8) is 0 Å². The Balaban J connectivity index is 1.48. The monoisotopic (exact) mass is 356 g/mol. The number of carbonyl (C=O) groups is 1. The van der Waals surface area contributed by atoms with Crippen molar-refractivity contribution in [1.82, 2.24) is 4.90 Å². The number of carbonyl (C=O) groups excluding carboxylic acids is 1. The summed E-state index contributed by atoms with van der Waals surface area (Å²) >= 11 is 0. The van der Waals surface area contributed by atoms with Crippen LogP contribution in [0.5, 0.6) is 5.75 Å². The first-order valence-corrected chi connectivity index (χ1v) is 9.59. The van der Waals surface area contributed by atoms with Gasteiger partial charge in [-0.3, -0.25) is 9.69 Å². The van der Waals surface area contributed by atoms with Crippen molar-refractivity contribution in [3.8, 4) is 5.75 Å². The van der Waals surface area contributed by atoms with E-state index in [1.807, 2.05) is 25.1 Å². The van der Waals surface area contributed by atoms with Crippen LogP contribution in [0, 0.1) is 11.8 Å². The van der Waals surface area contributed by atoms with Gasteiger partial charge in [-0.05, 0) is 37.3 Å². The summed E-state index contributed by atoms with van der Waals surface area (Å²) in [6, 6.07) is 6.19. The van der Waals surface area contributed by atoms with Gasteiger partial charge in [0.15, 0.2) is 0 Å². The predicted molar refractivity (Wildman–Crippen MR) is 94.2 cm³/mol. The Hall–Kier alpha value is -1.63. The molecule has 6 nitrogen and oxygen atoms in total. The van der Waals surface area contributed by atoms with Crippen molar-refractivity contribution >= 4 is 11.6 Å². The van der Waals surface area contributed by atoms with Crippen molar-refractivity contribution in [2.24, 2.45) is 11.8 Å². The minimum atomic E-state index is -0.622. The number of ether oxygens (including phenoxy) is 2. The highest BCUT2D eigenvalue weighted by atomic mass is 16.5. The van der Waals surface area contributed by atoms with E-state index in [0.717, 1.165) is 36.4 Å². The summed E-state index contributed by atoms with van der Waals surface area (Å²) in [5.41, 5.74) is 1.21. The standard InChI is InChI=1S/C20H24N2O4/c1-10(23)20-9-22(20)16-7-19(17-6-14(20)12(16)8-26-17)13-4-3-11(25-2)5-15(13)21-18(19)24/h3-5,10,12,14,16-17,23H,6-9H2,1-2H3,(H,21,24)/t10-,12+,14-,16+,17-,19+,20-,22?/m1/s1. The van der Waals surface area contributed by atoms with Crippen LogP contribution in [0.15, 0.2) is 18.2 Å². The van der Waals surface area contributed by atoms with Gasteiger partial charge in [-0.1, -0.05) is 6.07 Å². The predicted octanol–water partition coefficient (Wildman–Crippen LogP) is 1.13. The Morgan fingerprint density at radius 1 is 1.46 bits per heavy atom. The molecule has 8 atom stereocenters. The molecule has 4 saturated heterocycles. The number of hydrogen-bond acceptors (Lipinski definition) is 5. The Morgan fingerprint density at radius 3 is 3.08 bits per heavy atom. The third-order valence-electron chi connectivity index (χ3n) is 8.03. The van der Waals surface area contributed by atoms with Gasteiger partial charge in [-0.2, -0.15) is 0 Å². The van der Waals surface area contributed by atoms with E-state index >= 15 is 0 Å². The van der Waals surface area contributed by atoms with Crippen LogP contribution in [0.2, 0.25) is 0 Å². The molecule has 1 spiro atoms. The molecule has 138 valence electrons. The number of aliphatic hydroxyl groups excluding tert-OH is 1. The van der Waals surface area contributed by atoms with Gasteiger partial charge in [0.25, 0.3) is 0 Å². The largest absolute Gasteiger partial charge is 0.497 e. The number of nitrogens with one attached hydrogen (secondary N) is 1. The second-order valence-corrected chi connectivity index (χ2v) is 8.73. The fourth-order valence-corrected chi connectivity index (χ4v) is 6.77. The second-order valence-electron chi connectivity index (χ2n) is 8.73. The highest BCUT2D eigenvalue weighted by molar-refractivity contribution is 6.07. The molecule has 5 fully saturated rings. The van der Waals surface area contributed by atoms with Crippen LogP contribution in [0.25, 0.3) is 0 Å². The molecule has 4 bridgehead atoms. The van der Waals surface area contributed by atoms with Gasteiger partial charge in [0.1, 0.15) is 11.2 Å². The molecule has 1 unspecified atom stereocenters. The molecule has 1 amide bonds. The number of piperidine rings is 1. The Labute approximate surface area is 152 Å². The Kier molecular flexibility index (Phi) is 2.74. The van der Waals surface area contributed by atoms with E-state index in [9.17, 15) is 9.90 Å². The van der Waals surface area contributed by atoms with E-state index in [1.165, 1.54) is 0 Å². The maximum atomic E-state index is 13.3. The summed E-state index contributed by atoms with van der Waals surface area (Å²) in [5, 5.41) is 13.6. The zero-order valence-electron chi connectivity index (χ0n) is 15.1. The van der Waals surface area contributed by atoms with Crippen molar-refractivity contribution in [2.75, 3.05) is 25.6 Å². The zero-order valence-corrected chi connectivity index (χ0v) is 15.1. The highest BCUT2D eigenvalue weighted by Crippen LogP contribution is 2.65. The van der Waals surface area contributed by atoms with Crippen LogP contribution in [-0.2, 0) is 14.9 Å². The molecule has 5 heterocycles. The van der Waals surface area contributed by atoms with Gasteiger partial charge in [0.05, 0.1) is 31.5 Å². The summed E-state index contributed by atoms with van der Waals surface area (Å²) in [5.74, 6) is 1.65. The Morgan fingerprint density at radius 2 is 2.31 bits per heavy atom. The first-order valence-electron chi connectivity index (χ1n) is 9.59. The van der Waals surface area contributed by atoms with Crippen LogP contribution >= 0.6 is 0 Å². The molecule has 2 N–H and O–H groups in total. The molecule has 6 heteroatoms. The summed E-state index contributed by atoms with van der Waals surface area (Å²) in [4.78, 5) is 15.7. The minimum Gasteiger partial charge on any atom is -0.497 e. The van der Waals surface area contributed by atoms with Gasteiger partial charge in [0, 0.05) is 30.3 Å². The summed E-state index contributed by atoms with van der Waals surface area (Å²) in [7, 11) is 1.64. The molecular formula is C20H24N2O4. The number of amides is 1. The molecule has 5 aliphatic heterocycles. The average molecular weight is 356 g/mol. The van der Waals surface area contributed by atoms with Crippen molar-refractivity contribution in [3.05, 3.63) is 23.8 Å². The zero-order chi connectivity index (χ0) is 17.8. The molecule has 1 saturated carbocycles. The van der Waals surface area contributed by atoms with Crippen molar-refractivity contribution < 1.29 is 19.4 Å². The third-order valence-corrected chi connectivity index (χ3v) is 8.03. The summed E-state index contributed by atoms with van der Waals surface area (Å²) in [6.07, 6.45) is 1.17. The molecule has 1 aliphatic carbocycles. The first kappa shape index (κ1) is 15.4. The molecule has 6 aliphatic rings. The van der Waals surface area contributed by atoms with Gasteiger partial charge in [0.2, 0.25) is 5.91 Å². The molecular weight excluding hydrogens is 332 g/mol. The molecule has 0 radical (unpaired) electrons. The van der Waals surface area contributed by atoms with E-state index in [1.54, 1.807) is 7.11 Å². The van der Waals surface area contributed by atoms with Crippen LogP contribution in [0.1, 0.15) is 25.3 Å². The summed E-state index contributed by atoms with van der Waals surface area (Å²) < 4.78 is 11.6. The number of nitrogens with zero attached hydrogens (tertiary/aromatic N) is 1. The van der Waals surface area contributed by atoms with Gasteiger partial charge in [-0.25, -0.2) is 0 Å². The number of fused-ring (bicyclic) bond motifs is 3. The highest BCUT2D eigenvalue weighted by Gasteiger charge is 2.76. The minimum absolute atomic E-state index is 0.0588. The lowest BCUT2D eigenvalue weighted by Gasteiger charge is -2.41. The molecule has 26 heavy (non-hydrogen) atoms. The van der Waals surface area contributed by atoms with E-state index < -0.39 is 5.41 Å². The fourth-order valence-electron chi connectivity index (χ4n) is 6.77. The van der Waals surface area contributed by atoms with Crippen molar-refractivity contribution in [1.29, 1.82) is 0 Å². The molecule has 1 aromatic rings. The third kappa shape index (κ3) is 1.51. The van der Waals surface area contributed by atoms with E-state index in [4.69, 9.17) is 9.47 Å². The first-order chi connectivity index (χ1) is 12.5. The number of methoxy groups -OCH3 is 1. The normalized spacial score (nSPS) is 48.0. The molecule has 0 aromatic heterocycles. The van der Waals surface area contributed by atoms with E-state index in [2.05, 4.69) is 10.2 Å². The van der Waals surface area contributed by atoms with Gasteiger partial charge >= 0.3 is 0 Å². The lowest BCUT2D eigenvalue weighted by molar-refractivity contribution is -0.131. The van der Waals surface area contributed by atoms with E-state index in [-0.39, 0.29) is 23.7 Å². The maximum absolute atomic E-state index is 13.3. The summed E-state index contributed by atoms with van der Waals surface area (Å²) in [6.45, 7) is 3.58. The average Bonchev–Trinajstić information content (AvgIpc) is 3.30. The van der Waals surface area contributed by atoms with Gasteiger partial charge in [-0.15, -0.1) is 0 Å². The number of rotatable bonds is 2.